The molecule has 1 aliphatic heterocycles. The van der Waals surface area contributed by atoms with Crippen molar-refractivity contribution in [2.24, 2.45) is 17.6 Å². The highest BCUT2D eigenvalue weighted by Gasteiger charge is 2.53. The molecule has 1 aromatic carbocycles. The van der Waals surface area contributed by atoms with Crippen LogP contribution in [-0.2, 0) is 0 Å². The van der Waals surface area contributed by atoms with Crippen LogP contribution in [0, 0.1) is 11.8 Å². The van der Waals surface area contributed by atoms with E-state index in [0.29, 0.717) is 28.5 Å². The first-order valence-electron chi connectivity index (χ1n) is 7.68. The van der Waals surface area contributed by atoms with Crippen LogP contribution in [0.25, 0.3) is 22.4 Å². The van der Waals surface area contributed by atoms with Crippen LogP contribution in [0.2, 0.25) is 5.02 Å². The van der Waals surface area contributed by atoms with Crippen molar-refractivity contribution in [3.8, 4) is 11.3 Å². The summed E-state index contributed by atoms with van der Waals surface area (Å²) in [7, 11) is 0. The van der Waals surface area contributed by atoms with Gasteiger partial charge in [-0.2, -0.15) is 5.10 Å². The summed E-state index contributed by atoms with van der Waals surface area (Å²) in [6, 6.07) is 7.99. The van der Waals surface area contributed by atoms with Crippen LogP contribution in [-0.4, -0.2) is 39.3 Å². The summed E-state index contributed by atoms with van der Waals surface area (Å²) >= 11 is 6.07. The number of nitrogens with two attached hydrogens (primary N) is 1. The van der Waals surface area contributed by atoms with Gasteiger partial charge in [0.1, 0.15) is 11.3 Å². The van der Waals surface area contributed by atoms with Crippen LogP contribution >= 0.6 is 11.6 Å². The minimum atomic E-state index is 0.378. The Morgan fingerprint density at radius 3 is 2.87 bits per heavy atom. The molecule has 1 saturated heterocycles. The molecule has 3 aromatic rings. The molecular formula is C16H15ClN6. The normalized spacial score (nSPS) is 25.8. The highest BCUT2D eigenvalue weighted by atomic mass is 35.5. The van der Waals surface area contributed by atoms with Gasteiger partial charge in [-0.05, 0) is 24.0 Å². The summed E-state index contributed by atoms with van der Waals surface area (Å²) in [5, 5.41) is 8.02. The molecule has 5 rings (SSSR count). The molecule has 1 aliphatic carbocycles. The Morgan fingerprint density at radius 2 is 2.09 bits per heavy atom. The number of hydrogen-bond donors (Lipinski definition) is 2. The van der Waals surface area contributed by atoms with Crippen molar-refractivity contribution in [1.82, 2.24) is 20.2 Å². The van der Waals surface area contributed by atoms with Crippen molar-refractivity contribution in [2.75, 3.05) is 18.0 Å². The number of rotatable bonds is 2. The van der Waals surface area contributed by atoms with E-state index in [9.17, 15) is 0 Å². The van der Waals surface area contributed by atoms with E-state index in [4.69, 9.17) is 17.3 Å². The third kappa shape index (κ3) is 2.02. The smallest absolute Gasteiger partial charge is 0.202 e. The quantitative estimate of drug-likeness (QED) is 0.753. The molecule has 23 heavy (non-hydrogen) atoms. The van der Waals surface area contributed by atoms with Gasteiger partial charge in [-0.25, -0.2) is 9.97 Å². The van der Waals surface area contributed by atoms with E-state index in [2.05, 4.69) is 25.1 Å². The number of anilines is 1. The Labute approximate surface area is 137 Å². The maximum atomic E-state index is 6.07. The van der Waals surface area contributed by atoms with Crippen molar-refractivity contribution in [2.45, 2.75) is 6.04 Å². The Morgan fingerprint density at radius 1 is 1.26 bits per heavy atom. The van der Waals surface area contributed by atoms with Gasteiger partial charge in [0.2, 0.25) is 5.65 Å². The molecule has 3 heterocycles. The lowest BCUT2D eigenvalue weighted by Crippen LogP contribution is -2.28. The lowest BCUT2D eigenvalue weighted by molar-refractivity contribution is 0.735. The first-order valence-corrected chi connectivity index (χ1v) is 8.06. The number of fused-ring (bicyclic) bond motifs is 2. The zero-order valence-corrected chi connectivity index (χ0v) is 13.0. The van der Waals surface area contributed by atoms with E-state index in [1.807, 2.05) is 30.5 Å². The largest absolute Gasteiger partial charge is 0.355 e. The number of H-pyrrole nitrogens is 1. The predicted molar refractivity (Wildman–Crippen MR) is 89.3 cm³/mol. The minimum Gasteiger partial charge on any atom is -0.355 e. The Kier molecular flexibility index (Phi) is 2.69. The zero-order valence-electron chi connectivity index (χ0n) is 12.3. The Bertz CT molecular complexity index is 894. The second-order valence-electron chi connectivity index (χ2n) is 6.32. The number of halogens is 1. The van der Waals surface area contributed by atoms with Gasteiger partial charge in [-0.1, -0.05) is 23.7 Å². The zero-order chi connectivity index (χ0) is 15.6. The van der Waals surface area contributed by atoms with Gasteiger partial charge in [0.25, 0.3) is 0 Å². The minimum absolute atomic E-state index is 0.378. The van der Waals surface area contributed by atoms with Crippen LogP contribution in [0.4, 0.5) is 5.82 Å². The van der Waals surface area contributed by atoms with Crippen LogP contribution in [0.3, 0.4) is 0 Å². The summed E-state index contributed by atoms with van der Waals surface area (Å²) in [4.78, 5) is 11.5. The molecule has 7 heteroatoms. The third-order valence-corrected chi connectivity index (χ3v) is 5.18. The van der Waals surface area contributed by atoms with Crippen molar-refractivity contribution >= 4 is 28.6 Å². The van der Waals surface area contributed by atoms with Gasteiger partial charge in [0.15, 0.2) is 0 Å². The summed E-state index contributed by atoms with van der Waals surface area (Å²) in [5.41, 5.74) is 9.17. The topological polar surface area (TPSA) is 83.7 Å². The molecule has 2 aromatic heterocycles. The number of nitrogens with one attached hydrogen (secondary N) is 1. The van der Waals surface area contributed by atoms with E-state index in [1.54, 1.807) is 0 Å². The molecule has 3 atom stereocenters. The van der Waals surface area contributed by atoms with Gasteiger partial charge >= 0.3 is 0 Å². The number of piperidine rings is 1. The monoisotopic (exact) mass is 326 g/mol. The number of benzene rings is 1. The summed E-state index contributed by atoms with van der Waals surface area (Å²) in [5.74, 6) is 2.11. The molecule has 0 bridgehead atoms. The van der Waals surface area contributed by atoms with Gasteiger partial charge in [0, 0.05) is 29.7 Å². The van der Waals surface area contributed by atoms with E-state index in [0.717, 1.165) is 35.7 Å². The molecule has 2 fully saturated rings. The van der Waals surface area contributed by atoms with E-state index in [1.165, 1.54) is 0 Å². The molecular weight excluding hydrogens is 312 g/mol. The van der Waals surface area contributed by atoms with Crippen LogP contribution < -0.4 is 10.6 Å². The maximum absolute atomic E-state index is 6.07. The number of aromatic nitrogens is 4. The molecule has 3 N–H and O–H groups in total. The first-order chi connectivity index (χ1) is 11.2. The second-order valence-corrected chi connectivity index (χ2v) is 6.76. The molecule has 116 valence electrons. The molecule has 0 radical (unpaired) electrons. The fourth-order valence-electron chi connectivity index (χ4n) is 3.54. The average molecular weight is 327 g/mol. The van der Waals surface area contributed by atoms with Crippen LogP contribution in [0.1, 0.15) is 0 Å². The maximum Gasteiger partial charge on any atom is 0.202 e. The molecule has 1 saturated carbocycles. The predicted octanol–water partition coefficient (Wildman–Crippen LogP) is 2.07. The highest BCUT2D eigenvalue weighted by molar-refractivity contribution is 6.30. The van der Waals surface area contributed by atoms with Gasteiger partial charge in [-0.15, -0.1) is 0 Å². The lowest BCUT2D eigenvalue weighted by atomic mass is 10.1. The number of hydrogen-bond acceptors (Lipinski definition) is 5. The molecule has 0 spiro atoms. The van der Waals surface area contributed by atoms with Gasteiger partial charge in [0.05, 0.1) is 11.9 Å². The Hall–Kier alpha value is -2.18. The van der Waals surface area contributed by atoms with Crippen molar-refractivity contribution in [3.63, 3.8) is 0 Å². The molecule has 1 unspecified atom stereocenters. The van der Waals surface area contributed by atoms with Crippen LogP contribution in [0.5, 0.6) is 0 Å². The molecule has 2 aliphatic rings. The number of nitrogens with zero attached hydrogens (tertiary/aromatic N) is 4. The molecule has 0 amide bonds. The van der Waals surface area contributed by atoms with Crippen molar-refractivity contribution < 1.29 is 0 Å². The van der Waals surface area contributed by atoms with E-state index >= 15 is 0 Å². The Balaban J connectivity index is 1.51. The van der Waals surface area contributed by atoms with Gasteiger partial charge in [-0.3, -0.25) is 5.10 Å². The van der Waals surface area contributed by atoms with Crippen molar-refractivity contribution in [1.29, 1.82) is 0 Å². The highest BCUT2D eigenvalue weighted by Crippen LogP contribution is 2.44. The second kappa shape index (κ2) is 4.66. The summed E-state index contributed by atoms with van der Waals surface area (Å²) in [6.45, 7) is 1.94. The van der Waals surface area contributed by atoms with E-state index in [-0.39, 0.29) is 0 Å². The SMILES string of the molecule is NC1[C@H]2CN(c3cnc4c(-c5cccc(Cl)c5)[nH]nc4n3)C[C@@H]12. The lowest BCUT2D eigenvalue weighted by Gasteiger charge is -2.19. The van der Waals surface area contributed by atoms with Crippen LogP contribution in [0.15, 0.2) is 30.5 Å². The number of aromatic amines is 1. The first kappa shape index (κ1) is 13.3. The third-order valence-electron chi connectivity index (χ3n) is 4.95. The van der Waals surface area contributed by atoms with Gasteiger partial charge < -0.3 is 10.6 Å². The van der Waals surface area contributed by atoms with E-state index < -0.39 is 0 Å². The molecule has 6 nitrogen and oxygen atoms in total. The summed E-state index contributed by atoms with van der Waals surface area (Å²) < 4.78 is 0. The standard InChI is InChI=1S/C16H15ClN6/c17-9-3-1-2-8(4-9)14-15-16(22-21-14)20-12(5-19-15)23-6-10-11(7-23)13(10)18/h1-5,10-11,13H,6-7,18H2,(H,20,21,22)/t10-,11+,13?. The van der Waals surface area contributed by atoms with Crippen molar-refractivity contribution in [3.05, 3.63) is 35.5 Å². The fraction of sp³-hybridized carbons (Fsp3) is 0.312. The average Bonchev–Trinajstić information content (AvgIpc) is 2.99. The summed E-state index contributed by atoms with van der Waals surface area (Å²) in [6.07, 6.45) is 1.82. The fourth-order valence-corrected chi connectivity index (χ4v) is 3.73.